The van der Waals surface area contributed by atoms with Crippen LogP contribution in [-0.2, 0) is 65.4 Å². The average molecular weight is 1580 g/mol. The lowest BCUT2D eigenvalue weighted by atomic mass is 9.99. The number of hydrogen-bond donors (Lipinski definition) is 3. The van der Waals surface area contributed by atoms with E-state index in [4.69, 9.17) is 37.0 Å². The van der Waals surface area contributed by atoms with E-state index >= 15 is 0 Å². The maximum Gasteiger partial charge on any atom is 0.472 e. The second-order valence-electron chi connectivity index (χ2n) is 32.9. The van der Waals surface area contributed by atoms with E-state index in [0.717, 1.165) is 108 Å². The minimum atomic E-state index is -4.97. The van der Waals surface area contributed by atoms with Gasteiger partial charge >= 0.3 is 39.5 Å². The SMILES string of the molecule is CCCCCCCCCCCCCCCCCCC(=O)O[C@H](COC(=O)CCCCCCCCCCC(C)CC)COP(=O)(O)OC[C@H](O)COP(=O)(O)OC[C@@H](COC(=O)CCCCCCCCCCCCCCCCCC(C)C)OC(=O)CCCCCCCCCCCCCCCCCCCCC(C)CC. The number of carbonyl (C=O) groups excluding carboxylic acids is 4. The van der Waals surface area contributed by atoms with E-state index in [9.17, 15) is 43.2 Å². The topological polar surface area (TPSA) is 237 Å². The van der Waals surface area contributed by atoms with Crippen LogP contribution in [0, 0.1) is 17.8 Å². The highest BCUT2D eigenvalue weighted by Crippen LogP contribution is 2.45. The van der Waals surface area contributed by atoms with Crippen LogP contribution >= 0.6 is 15.6 Å². The number of phosphoric acid groups is 2. The van der Waals surface area contributed by atoms with E-state index in [-0.39, 0.29) is 25.7 Å². The predicted molar refractivity (Wildman–Crippen MR) is 446 cm³/mol. The smallest absolute Gasteiger partial charge is 0.462 e. The summed E-state index contributed by atoms with van der Waals surface area (Å²) in [7, 11) is -9.93. The number of carbonyl (C=O) groups is 4. The number of aliphatic hydroxyl groups is 1. The van der Waals surface area contributed by atoms with Gasteiger partial charge in [0.1, 0.15) is 19.3 Å². The Morgan fingerprint density at radius 3 is 0.704 bits per heavy atom. The lowest BCUT2D eigenvalue weighted by Gasteiger charge is -2.21. The Morgan fingerprint density at radius 1 is 0.269 bits per heavy atom. The molecule has 0 aliphatic rings. The summed E-state index contributed by atoms with van der Waals surface area (Å²) >= 11 is 0. The van der Waals surface area contributed by atoms with Crippen molar-refractivity contribution in [1.82, 2.24) is 0 Å². The van der Waals surface area contributed by atoms with Crippen molar-refractivity contribution in [1.29, 1.82) is 0 Å². The highest BCUT2D eigenvalue weighted by molar-refractivity contribution is 7.47. The minimum Gasteiger partial charge on any atom is -0.462 e. The first-order chi connectivity index (χ1) is 52.3. The van der Waals surface area contributed by atoms with Gasteiger partial charge in [-0.25, -0.2) is 9.13 Å². The molecule has 108 heavy (non-hydrogen) atoms. The van der Waals surface area contributed by atoms with Crippen LogP contribution in [0.2, 0.25) is 0 Å². The summed E-state index contributed by atoms with van der Waals surface area (Å²) in [6, 6.07) is 0. The number of phosphoric ester groups is 2. The van der Waals surface area contributed by atoms with Crippen molar-refractivity contribution < 1.29 is 80.2 Å². The third-order valence-electron chi connectivity index (χ3n) is 21.6. The summed E-state index contributed by atoms with van der Waals surface area (Å²) in [6.45, 7) is 12.1. The van der Waals surface area contributed by atoms with Crippen molar-refractivity contribution in [2.45, 2.75) is 491 Å². The molecular formula is C89H174O17P2. The van der Waals surface area contributed by atoms with Gasteiger partial charge in [0.2, 0.25) is 0 Å². The molecular weight excluding hydrogens is 1400 g/mol. The van der Waals surface area contributed by atoms with Crippen LogP contribution in [0.5, 0.6) is 0 Å². The molecule has 0 saturated carbocycles. The van der Waals surface area contributed by atoms with Crippen LogP contribution in [0.4, 0.5) is 0 Å². The number of ether oxygens (including phenoxy) is 4. The molecule has 0 saturated heterocycles. The molecule has 0 aromatic rings. The fourth-order valence-electron chi connectivity index (χ4n) is 13.8. The van der Waals surface area contributed by atoms with Gasteiger partial charge in [-0.3, -0.25) is 37.3 Å². The van der Waals surface area contributed by atoms with E-state index in [1.807, 2.05) is 0 Å². The largest absolute Gasteiger partial charge is 0.472 e. The molecule has 0 amide bonds. The third-order valence-corrected chi connectivity index (χ3v) is 23.5. The van der Waals surface area contributed by atoms with Crippen molar-refractivity contribution in [2.24, 2.45) is 17.8 Å². The summed E-state index contributed by atoms with van der Waals surface area (Å²) < 4.78 is 69.0. The molecule has 0 aliphatic carbocycles. The molecule has 7 atom stereocenters. The van der Waals surface area contributed by atoms with Crippen LogP contribution < -0.4 is 0 Å². The Bertz CT molecular complexity index is 2080. The zero-order chi connectivity index (χ0) is 79.3. The first-order valence-corrected chi connectivity index (χ1v) is 48.9. The number of aliphatic hydroxyl groups excluding tert-OH is 1. The molecule has 3 N–H and O–H groups in total. The van der Waals surface area contributed by atoms with E-state index in [2.05, 4.69) is 48.5 Å². The van der Waals surface area contributed by atoms with Crippen molar-refractivity contribution >= 4 is 39.5 Å². The monoisotopic (exact) mass is 1580 g/mol. The van der Waals surface area contributed by atoms with E-state index < -0.39 is 97.5 Å². The van der Waals surface area contributed by atoms with Crippen molar-refractivity contribution in [2.75, 3.05) is 39.6 Å². The summed E-state index contributed by atoms with van der Waals surface area (Å²) in [6.07, 6.45) is 70.7. The van der Waals surface area contributed by atoms with Gasteiger partial charge < -0.3 is 33.8 Å². The lowest BCUT2D eigenvalue weighted by Crippen LogP contribution is -2.30. The van der Waals surface area contributed by atoms with E-state index in [1.54, 1.807) is 0 Å². The van der Waals surface area contributed by atoms with Gasteiger partial charge in [0.05, 0.1) is 26.4 Å². The molecule has 0 aromatic heterocycles. The van der Waals surface area contributed by atoms with Crippen LogP contribution in [0.3, 0.4) is 0 Å². The molecule has 0 heterocycles. The third kappa shape index (κ3) is 79.3. The Balaban J connectivity index is 5.25. The molecule has 0 rings (SSSR count). The second kappa shape index (κ2) is 78.9. The second-order valence-corrected chi connectivity index (χ2v) is 35.9. The van der Waals surface area contributed by atoms with Crippen LogP contribution in [0.15, 0.2) is 0 Å². The number of hydrogen-bond acceptors (Lipinski definition) is 15. The standard InChI is InChI=1S/C89H174O17P2/c1-8-11-12-13-14-15-16-17-18-26-32-37-42-51-58-65-72-89(94)106-85(77-100-87(92)71-64-57-50-45-44-48-55-62-69-82(7)10-3)79-104-108(97,98)102-75-83(90)74-101-107(95,96)103-78-84(76-99-86(91)70-63-56-49-41-36-31-28-23-24-29-34-39-46-53-60-67-80(4)5)105-88(93)73-66-59-52-43-38-33-27-22-20-19-21-25-30-35-40-47-54-61-68-81(6)9-2/h80-85,90H,8-79H2,1-7H3,(H,95,96)(H,97,98)/t81?,82?,83-,84-,85-/m1/s1. The molecule has 0 bridgehead atoms. The first kappa shape index (κ1) is 106. The van der Waals surface area contributed by atoms with Gasteiger partial charge in [-0.15, -0.1) is 0 Å². The summed E-state index contributed by atoms with van der Waals surface area (Å²) in [4.78, 5) is 73.4. The highest BCUT2D eigenvalue weighted by Gasteiger charge is 2.31. The molecule has 0 aliphatic heterocycles. The maximum absolute atomic E-state index is 13.2. The molecule has 0 aromatic carbocycles. The number of rotatable bonds is 87. The normalized spacial score (nSPS) is 14.3. The van der Waals surface area contributed by atoms with Gasteiger partial charge in [0.25, 0.3) is 0 Å². The van der Waals surface area contributed by atoms with Crippen LogP contribution in [0.1, 0.15) is 472 Å². The molecule has 642 valence electrons. The summed E-state index contributed by atoms with van der Waals surface area (Å²) in [5.74, 6) is 0.355. The molecule has 0 fully saturated rings. The highest BCUT2D eigenvalue weighted by atomic mass is 31.2. The van der Waals surface area contributed by atoms with Gasteiger partial charge in [0.15, 0.2) is 12.2 Å². The number of unbranched alkanes of at least 4 members (excludes halogenated alkanes) is 53. The first-order valence-electron chi connectivity index (χ1n) is 45.9. The zero-order valence-corrected chi connectivity index (χ0v) is 73.1. The fraction of sp³-hybridized carbons (Fsp3) is 0.955. The molecule has 4 unspecified atom stereocenters. The Hall–Kier alpha value is -1.94. The Labute approximate surface area is 664 Å². The van der Waals surface area contributed by atoms with Crippen LogP contribution in [-0.4, -0.2) is 96.7 Å². The molecule has 0 radical (unpaired) electrons. The van der Waals surface area contributed by atoms with Crippen molar-refractivity contribution in [3.63, 3.8) is 0 Å². The van der Waals surface area contributed by atoms with E-state index in [0.29, 0.717) is 25.7 Å². The minimum absolute atomic E-state index is 0.108. The number of esters is 4. The molecule has 17 nitrogen and oxygen atoms in total. The summed E-state index contributed by atoms with van der Waals surface area (Å²) in [5.41, 5.74) is 0. The average Bonchev–Trinajstić information content (AvgIpc) is 0.922. The molecule has 19 heteroatoms. The quantitative estimate of drug-likeness (QED) is 0.0222. The van der Waals surface area contributed by atoms with Gasteiger partial charge in [0, 0.05) is 25.7 Å². The zero-order valence-electron chi connectivity index (χ0n) is 71.3. The van der Waals surface area contributed by atoms with Gasteiger partial charge in [-0.1, -0.05) is 421 Å². The van der Waals surface area contributed by atoms with Crippen LogP contribution in [0.25, 0.3) is 0 Å². The molecule has 0 spiro atoms. The summed E-state index contributed by atoms with van der Waals surface area (Å²) in [5, 5.41) is 10.7. The van der Waals surface area contributed by atoms with Gasteiger partial charge in [-0.2, -0.15) is 0 Å². The Morgan fingerprint density at radius 2 is 0.472 bits per heavy atom. The Kier molecular flexibility index (Phi) is 77.5. The van der Waals surface area contributed by atoms with Gasteiger partial charge in [-0.05, 0) is 43.4 Å². The lowest BCUT2D eigenvalue weighted by molar-refractivity contribution is -0.161. The van der Waals surface area contributed by atoms with Crippen molar-refractivity contribution in [3.05, 3.63) is 0 Å². The predicted octanol–water partition coefficient (Wildman–Crippen LogP) is 27.3. The van der Waals surface area contributed by atoms with Crippen molar-refractivity contribution in [3.8, 4) is 0 Å². The fourth-order valence-corrected chi connectivity index (χ4v) is 15.4. The van der Waals surface area contributed by atoms with E-state index in [1.165, 1.54) is 283 Å². The maximum atomic E-state index is 13.2.